The van der Waals surface area contributed by atoms with E-state index in [1.54, 1.807) is 18.9 Å². The topological polar surface area (TPSA) is 93.9 Å². The smallest absolute Gasteiger partial charge is 0.497 e. The monoisotopic (exact) mass is 652 g/mol. The van der Waals surface area contributed by atoms with Crippen LogP contribution in [0.2, 0.25) is 0 Å². The molecule has 2 amide bonds. The number of urea groups is 1. The third kappa shape index (κ3) is 8.00. The summed E-state index contributed by atoms with van der Waals surface area (Å²) in [7, 11) is 1.65. The molecule has 9 nitrogen and oxygen atoms in total. The highest BCUT2D eigenvalue weighted by Crippen LogP contribution is 2.35. The van der Waals surface area contributed by atoms with E-state index in [9.17, 15) is 18.0 Å². The Morgan fingerprint density at radius 3 is 2.43 bits per heavy atom. The third-order valence-corrected chi connectivity index (χ3v) is 8.54. The number of aromatic nitrogens is 3. The number of thioether (sulfide) groups is 1. The molecular weight excluding hydrogens is 617 g/mol. The van der Waals surface area contributed by atoms with Gasteiger partial charge in [-0.2, -0.15) is 4.99 Å². The predicted molar refractivity (Wildman–Crippen MR) is 174 cm³/mol. The molecule has 46 heavy (non-hydrogen) atoms. The number of hydrogen-bond donors (Lipinski definition) is 1. The summed E-state index contributed by atoms with van der Waals surface area (Å²) in [6, 6.07) is 18.8. The number of aliphatic imine (C=N–C) groups is 1. The summed E-state index contributed by atoms with van der Waals surface area (Å²) in [5, 5.41) is 8.13. The lowest BCUT2D eigenvalue weighted by Gasteiger charge is -2.23. The molecule has 0 saturated carbocycles. The zero-order valence-electron chi connectivity index (χ0n) is 25.9. The number of carbonyl (C=O) groups excluding carboxylic acids is 1. The number of methoxy groups -OCH3 is 1. The van der Waals surface area contributed by atoms with E-state index in [4.69, 9.17) is 4.74 Å². The van der Waals surface area contributed by atoms with Gasteiger partial charge in [0.15, 0.2) is 11.0 Å². The lowest BCUT2D eigenvalue weighted by atomic mass is 9.95. The molecule has 3 aromatic carbocycles. The zero-order valence-corrected chi connectivity index (χ0v) is 26.7. The Morgan fingerprint density at radius 1 is 1.07 bits per heavy atom. The molecule has 5 rings (SSSR count). The molecule has 0 bridgehead atoms. The number of anilines is 1. The number of carbonyl (C=O) groups is 1. The van der Waals surface area contributed by atoms with Crippen molar-refractivity contribution in [3.8, 4) is 28.6 Å². The minimum absolute atomic E-state index is 0.0719. The fraction of sp³-hybridized carbons (Fsp3) is 0.333. The largest absolute Gasteiger partial charge is 0.573 e. The maximum atomic E-state index is 13.0. The van der Waals surface area contributed by atoms with E-state index in [2.05, 4.69) is 50.8 Å². The van der Waals surface area contributed by atoms with E-state index in [-0.39, 0.29) is 23.6 Å². The number of hydrogen-bond acceptors (Lipinski definition) is 6. The van der Waals surface area contributed by atoms with Crippen LogP contribution in [0.5, 0.6) is 11.5 Å². The second kappa shape index (κ2) is 14.3. The molecule has 2 heterocycles. The normalized spacial score (nSPS) is 15.0. The first-order chi connectivity index (χ1) is 22.0. The molecule has 0 radical (unpaired) electrons. The Kier molecular flexibility index (Phi) is 10.2. The molecule has 1 aromatic heterocycles. The summed E-state index contributed by atoms with van der Waals surface area (Å²) in [6.45, 7) is 7.53. The molecule has 1 aliphatic rings. The molecule has 0 aliphatic carbocycles. The average Bonchev–Trinajstić information content (AvgIpc) is 3.71. The molecule has 1 unspecified atom stereocenters. The summed E-state index contributed by atoms with van der Waals surface area (Å²) < 4.78 is 48.2. The molecule has 1 fully saturated rings. The van der Waals surface area contributed by atoms with Gasteiger partial charge in [-0.15, -0.1) is 18.3 Å². The highest BCUT2D eigenvalue weighted by atomic mass is 32.2. The van der Waals surface area contributed by atoms with Gasteiger partial charge in [0, 0.05) is 36.0 Å². The van der Waals surface area contributed by atoms with E-state index in [0.717, 1.165) is 46.8 Å². The number of nitrogens with one attached hydrogen (secondary N) is 1. The summed E-state index contributed by atoms with van der Waals surface area (Å²) >= 11 is 1.57. The van der Waals surface area contributed by atoms with E-state index < -0.39 is 6.36 Å². The first-order valence-electron chi connectivity index (χ1n) is 14.9. The number of rotatable bonds is 10. The van der Waals surface area contributed by atoms with Crippen molar-refractivity contribution in [3.05, 3.63) is 84.2 Å². The molecule has 1 N–H and O–H groups in total. The lowest BCUT2D eigenvalue weighted by molar-refractivity contribution is -0.274. The van der Waals surface area contributed by atoms with Crippen LogP contribution >= 0.6 is 11.8 Å². The molecule has 242 valence electrons. The summed E-state index contributed by atoms with van der Waals surface area (Å²) in [4.78, 5) is 23.8. The van der Waals surface area contributed by atoms with Crippen molar-refractivity contribution in [2.45, 2.75) is 45.4 Å². The fourth-order valence-corrected chi connectivity index (χ4v) is 6.09. The highest BCUT2D eigenvalue weighted by molar-refractivity contribution is 8.14. The molecule has 13 heteroatoms. The van der Waals surface area contributed by atoms with Crippen LogP contribution in [0.1, 0.15) is 50.2 Å². The average molecular weight is 653 g/mol. The first-order valence-corrected chi connectivity index (χ1v) is 15.9. The Balaban J connectivity index is 1.21. The van der Waals surface area contributed by atoms with Crippen molar-refractivity contribution in [2.24, 2.45) is 4.99 Å². The Morgan fingerprint density at radius 2 is 1.78 bits per heavy atom. The van der Waals surface area contributed by atoms with Gasteiger partial charge >= 0.3 is 12.4 Å². The van der Waals surface area contributed by atoms with E-state index >= 15 is 0 Å². The second-order valence-corrected chi connectivity index (χ2v) is 12.0. The molecule has 4 aromatic rings. The van der Waals surface area contributed by atoms with Crippen molar-refractivity contribution < 1.29 is 27.4 Å². The minimum atomic E-state index is -4.75. The lowest BCUT2D eigenvalue weighted by Crippen LogP contribution is -2.30. The van der Waals surface area contributed by atoms with Crippen LogP contribution in [0, 0.1) is 0 Å². The highest BCUT2D eigenvalue weighted by Gasteiger charge is 2.31. The van der Waals surface area contributed by atoms with Crippen molar-refractivity contribution >= 4 is 28.6 Å². The quantitative estimate of drug-likeness (QED) is 0.187. The van der Waals surface area contributed by atoms with Crippen molar-refractivity contribution in [1.29, 1.82) is 0 Å². The van der Waals surface area contributed by atoms with Crippen LogP contribution in [0.15, 0.2) is 78.0 Å². The number of halogens is 3. The summed E-state index contributed by atoms with van der Waals surface area (Å²) in [6.07, 6.45) is -2.45. The molecular formula is C33H35F3N6O3S. The van der Waals surface area contributed by atoms with Gasteiger partial charge in [0.25, 0.3) is 0 Å². The standard InChI is InChI=1S/C33H35F3N6O3S/c1-5-22(19-37-31(43)39-32-41(16-17-46-32)29-15-14-27(44-4)18-28(29)21(2)3)23-6-8-24(9-7-23)30-38-20-42(40-30)25-10-12-26(13-11-25)45-33(34,35)36/h6-15,18,20-22H,5,16-17,19H2,1-4H3,(H,37,43). The fourth-order valence-electron chi connectivity index (χ4n) is 5.15. The number of amides is 2. The van der Waals surface area contributed by atoms with E-state index in [0.29, 0.717) is 23.2 Å². The van der Waals surface area contributed by atoms with Crippen LogP contribution < -0.4 is 19.7 Å². The SMILES string of the molecule is CCC(CNC(=O)N=C1SCCN1c1ccc(OC)cc1C(C)C)c1ccc(-c2ncn(-c3ccc(OC(F)(F)F)cc3)n2)cc1. The van der Waals surface area contributed by atoms with Gasteiger partial charge in [-0.1, -0.05) is 56.8 Å². The van der Waals surface area contributed by atoms with Gasteiger partial charge in [0.05, 0.1) is 12.8 Å². The number of ether oxygens (including phenoxy) is 2. The van der Waals surface area contributed by atoms with Gasteiger partial charge in [-0.25, -0.2) is 14.5 Å². The van der Waals surface area contributed by atoms with Crippen LogP contribution in [-0.2, 0) is 0 Å². The minimum Gasteiger partial charge on any atom is -0.497 e. The number of nitrogens with zero attached hydrogens (tertiary/aromatic N) is 5. The number of amidine groups is 1. The van der Waals surface area contributed by atoms with Crippen LogP contribution in [0.3, 0.4) is 0 Å². The van der Waals surface area contributed by atoms with Gasteiger partial charge in [0.2, 0.25) is 0 Å². The van der Waals surface area contributed by atoms with E-state index in [1.165, 1.54) is 35.3 Å². The molecule has 0 spiro atoms. The van der Waals surface area contributed by atoms with Gasteiger partial charge in [0.1, 0.15) is 17.8 Å². The Bertz CT molecular complexity index is 1670. The van der Waals surface area contributed by atoms with Gasteiger partial charge in [-0.05, 0) is 65.9 Å². The van der Waals surface area contributed by atoms with E-state index in [1.807, 2.05) is 42.5 Å². The number of alkyl halides is 3. The Labute approximate surface area is 269 Å². The molecule has 1 saturated heterocycles. The summed E-state index contributed by atoms with van der Waals surface area (Å²) in [5.74, 6) is 2.15. The summed E-state index contributed by atoms with van der Waals surface area (Å²) in [5.41, 5.74) is 4.54. The van der Waals surface area contributed by atoms with Crippen LogP contribution in [0.25, 0.3) is 17.1 Å². The number of benzene rings is 3. The van der Waals surface area contributed by atoms with Gasteiger partial charge < -0.3 is 19.7 Å². The second-order valence-electron chi connectivity index (χ2n) is 10.9. The van der Waals surface area contributed by atoms with Gasteiger partial charge in [-0.3, -0.25) is 0 Å². The molecule has 1 atom stereocenters. The zero-order chi connectivity index (χ0) is 32.8. The van der Waals surface area contributed by atoms with Crippen molar-refractivity contribution in [1.82, 2.24) is 20.1 Å². The maximum absolute atomic E-state index is 13.0. The predicted octanol–water partition coefficient (Wildman–Crippen LogP) is 7.78. The first kappa shape index (κ1) is 32.9. The Hall–Kier alpha value is -4.52. The third-order valence-electron chi connectivity index (χ3n) is 7.58. The van der Waals surface area contributed by atoms with Crippen LogP contribution in [-0.4, -0.2) is 58.3 Å². The maximum Gasteiger partial charge on any atom is 0.573 e. The van der Waals surface area contributed by atoms with Crippen molar-refractivity contribution in [2.75, 3.05) is 30.9 Å². The molecule has 1 aliphatic heterocycles. The van der Waals surface area contributed by atoms with Crippen molar-refractivity contribution in [3.63, 3.8) is 0 Å². The van der Waals surface area contributed by atoms with Crippen LogP contribution in [0.4, 0.5) is 23.7 Å².